The van der Waals surface area contributed by atoms with E-state index < -0.39 is 0 Å². The van der Waals surface area contributed by atoms with Gasteiger partial charge in [-0.25, -0.2) is 0 Å². The van der Waals surface area contributed by atoms with E-state index in [1.807, 2.05) is 26.8 Å². The lowest BCUT2D eigenvalue weighted by molar-refractivity contribution is -0.125. The molecule has 1 unspecified atom stereocenters. The maximum atomic E-state index is 12.2. The van der Waals surface area contributed by atoms with Gasteiger partial charge in [-0.05, 0) is 19.9 Å². The van der Waals surface area contributed by atoms with Gasteiger partial charge >= 0.3 is 0 Å². The molecule has 1 saturated heterocycles. The van der Waals surface area contributed by atoms with E-state index in [4.69, 9.17) is 0 Å². The normalized spacial score (nSPS) is 21.3. The molecule has 1 N–H and O–H groups in total. The van der Waals surface area contributed by atoms with E-state index >= 15 is 0 Å². The van der Waals surface area contributed by atoms with Gasteiger partial charge in [0.1, 0.15) is 5.78 Å². The molecule has 1 atom stereocenters. The summed E-state index contributed by atoms with van der Waals surface area (Å²) in [5, 5.41) is 0. The number of nitrogens with zero attached hydrogens (tertiary/aromatic N) is 1. The van der Waals surface area contributed by atoms with Crippen molar-refractivity contribution in [1.82, 2.24) is 9.88 Å². The quantitative estimate of drug-likeness (QED) is 0.829. The Morgan fingerprint density at radius 2 is 2.22 bits per heavy atom. The van der Waals surface area contributed by atoms with Crippen LogP contribution in [0.5, 0.6) is 0 Å². The fourth-order valence-electron chi connectivity index (χ4n) is 2.54. The summed E-state index contributed by atoms with van der Waals surface area (Å²) in [5.41, 5.74) is 2.72. The molecule has 4 heteroatoms. The fourth-order valence-corrected chi connectivity index (χ4v) is 2.54. The third-order valence-electron chi connectivity index (χ3n) is 3.57. The largest absolute Gasteiger partial charge is 0.362 e. The number of carbonyl (C=O) groups excluding carboxylic acids is 2. The van der Waals surface area contributed by atoms with Gasteiger partial charge < -0.3 is 4.98 Å². The molecular weight excluding hydrogens is 228 g/mol. The maximum Gasteiger partial charge on any atom is 0.178 e. The smallest absolute Gasteiger partial charge is 0.178 e. The molecule has 0 radical (unpaired) electrons. The molecule has 1 aromatic rings. The van der Waals surface area contributed by atoms with Crippen molar-refractivity contribution in [2.24, 2.45) is 5.92 Å². The third-order valence-corrected chi connectivity index (χ3v) is 3.57. The Balaban J connectivity index is 2.00. The first-order valence-corrected chi connectivity index (χ1v) is 6.42. The molecule has 1 fully saturated rings. The molecule has 98 valence electrons. The molecule has 2 heterocycles. The van der Waals surface area contributed by atoms with Gasteiger partial charge in [-0.3, -0.25) is 14.5 Å². The highest BCUT2D eigenvalue weighted by Gasteiger charge is 2.25. The highest BCUT2D eigenvalue weighted by Crippen LogP contribution is 2.15. The Morgan fingerprint density at radius 1 is 1.50 bits per heavy atom. The number of aromatic amines is 1. The van der Waals surface area contributed by atoms with E-state index in [-0.39, 0.29) is 11.7 Å². The molecule has 1 aliphatic heterocycles. The number of aryl methyl sites for hydroxylation is 2. The Bertz CT molecular complexity index is 476. The fraction of sp³-hybridized carbons (Fsp3) is 0.571. The Morgan fingerprint density at radius 3 is 2.78 bits per heavy atom. The van der Waals surface area contributed by atoms with Crippen LogP contribution >= 0.6 is 0 Å². The van der Waals surface area contributed by atoms with E-state index in [2.05, 4.69) is 9.88 Å². The summed E-state index contributed by atoms with van der Waals surface area (Å²) in [6.45, 7) is 7.62. The molecular formula is C14H20N2O2. The van der Waals surface area contributed by atoms with Gasteiger partial charge in [-0.1, -0.05) is 6.92 Å². The summed E-state index contributed by atoms with van der Waals surface area (Å²) in [7, 11) is 0. The summed E-state index contributed by atoms with van der Waals surface area (Å²) >= 11 is 0. The van der Waals surface area contributed by atoms with E-state index in [1.165, 1.54) is 0 Å². The lowest BCUT2D eigenvalue weighted by Crippen LogP contribution is -2.42. The summed E-state index contributed by atoms with van der Waals surface area (Å²) in [4.78, 5) is 28.9. The van der Waals surface area contributed by atoms with Gasteiger partial charge in [0.2, 0.25) is 0 Å². The van der Waals surface area contributed by atoms with Crippen molar-refractivity contribution in [2.75, 3.05) is 19.6 Å². The third kappa shape index (κ3) is 2.70. The van der Waals surface area contributed by atoms with Gasteiger partial charge in [-0.15, -0.1) is 0 Å². The van der Waals surface area contributed by atoms with E-state index in [0.717, 1.165) is 17.0 Å². The molecule has 0 aliphatic carbocycles. The molecule has 2 rings (SSSR count). The number of Topliss-reactive ketones (excluding diaryl/α,β-unsaturated/α-hetero) is 2. The summed E-state index contributed by atoms with van der Waals surface area (Å²) in [6, 6.07) is 1.90. The standard InChI is InChI=1S/C14H20N2O2/c1-9-7-16(5-4-13(9)17)8-14(18)12-6-10(2)15-11(12)3/h6,9,15H,4-5,7-8H2,1-3H3. The highest BCUT2D eigenvalue weighted by molar-refractivity contribution is 5.99. The predicted octanol–water partition coefficient (Wildman–Crippen LogP) is 1.73. The molecule has 1 aliphatic rings. The molecule has 0 amide bonds. The van der Waals surface area contributed by atoms with Crippen LogP contribution in [-0.2, 0) is 4.79 Å². The number of hydrogen-bond acceptors (Lipinski definition) is 3. The number of piperidine rings is 1. The Kier molecular flexibility index (Phi) is 3.66. The highest BCUT2D eigenvalue weighted by atomic mass is 16.1. The van der Waals surface area contributed by atoms with Crippen molar-refractivity contribution in [3.63, 3.8) is 0 Å². The second-order valence-electron chi connectivity index (χ2n) is 5.27. The number of likely N-dealkylation sites (tertiary alicyclic amines) is 1. The van der Waals surface area contributed by atoms with Crippen LogP contribution in [0.3, 0.4) is 0 Å². The minimum Gasteiger partial charge on any atom is -0.362 e. The number of H-pyrrole nitrogens is 1. The van der Waals surface area contributed by atoms with Gasteiger partial charge in [0.25, 0.3) is 0 Å². The lowest BCUT2D eigenvalue weighted by Gasteiger charge is -2.29. The number of ketones is 2. The molecule has 1 aromatic heterocycles. The van der Waals surface area contributed by atoms with Gasteiger partial charge in [0, 0.05) is 42.4 Å². The average molecular weight is 248 g/mol. The first kappa shape index (κ1) is 13.0. The first-order valence-electron chi connectivity index (χ1n) is 6.42. The summed E-state index contributed by atoms with van der Waals surface area (Å²) in [5.74, 6) is 0.506. The lowest BCUT2D eigenvalue weighted by atomic mass is 9.98. The van der Waals surface area contributed by atoms with Crippen LogP contribution in [0, 0.1) is 19.8 Å². The van der Waals surface area contributed by atoms with E-state index in [9.17, 15) is 9.59 Å². The van der Waals surface area contributed by atoms with Crippen molar-refractivity contribution in [3.8, 4) is 0 Å². The minimum atomic E-state index is 0.0561. The second-order valence-corrected chi connectivity index (χ2v) is 5.27. The van der Waals surface area contributed by atoms with Crippen LogP contribution in [0.4, 0.5) is 0 Å². The molecule has 4 nitrogen and oxygen atoms in total. The summed E-state index contributed by atoms with van der Waals surface area (Å²) in [6.07, 6.45) is 0.569. The van der Waals surface area contributed by atoms with Crippen LogP contribution in [0.1, 0.15) is 35.1 Å². The zero-order chi connectivity index (χ0) is 13.3. The number of rotatable bonds is 3. The van der Waals surface area contributed by atoms with Crippen LogP contribution in [0.25, 0.3) is 0 Å². The monoisotopic (exact) mass is 248 g/mol. The number of hydrogen-bond donors (Lipinski definition) is 1. The van der Waals surface area contributed by atoms with Gasteiger partial charge in [0.15, 0.2) is 5.78 Å². The van der Waals surface area contributed by atoms with Crippen molar-refractivity contribution >= 4 is 11.6 Å². The molecule has 0 bridgehead atoms. The maximum absolute atomic E-state index is 12.2. The molecule has 0 spiro atoms. The van der Waals surface area contributed by atoms with Crippen LogP contribution in [0.2, 0.25) is 0 Å². The van der Waals surface area contributed by atoms with Crippen LogP contribution < -0.4 is 0 Å². The van der Waals surface area contributed by atoms with E-state index in [0.29, 0.717) is 31.8 Å². The second kappa shape index (κ2) is 5.06. The number of carbonyl (C=O) groups is 2. The average Bonchev–Trinajstić information content (AvgIpc) is 2.63. The van der Waals surface area contributed by atoms with Gasteiger partial charge in [0.05, 0.1) is 6.54 Å². The predicted molar refractivity (Wildman–Crippen MR) is 69.8 cm³/mol. The summed E-state index contributed by atoms with van der Waals surface area (Å²) < 4.78 is 0. The number of aromatic nitrogens is 1. The van der Waals surface area contributed by atoms with Gasteiger partial charge in [-0.2, -0.15) is 0 Å². The van der Waals surface area contributed by atoms with Crippen molar-refractivity contribution in [3.05, 3.63) is 23.0 Å². The van der Waals surface area contributed by atoms with Crippen molar-refractivity contribution < 1.29 is 9.59 Å². The molecule has 0 saturated carbocycles. The topological polar surface area (TPSA) is 53.2 Å². The van der Waals surface area contributed by atoms with Crippen LogP contribution in [-0.4, -0.2) is 41.1 Å². The SMILES string of the molecule is Cc1cc(C(=O)CN2CCC(=O)C(C)C2)c(C)[nH]1. The van der Waals surface area contributed by atoms with Crippen molar-refractivity contribution in [2.45, 2.75) is 27.2 Å². The van der Waals surface area contributed by atoms with Crippen LogP contribution in [0.15, 0.2) is 6.07 Å². The zero-order valence-corrected chi connectivity index (χ0v) is 11.2. The Labute approximate surface area is 107 Å². The number of nitrogens with one attached hydrogen (secondary N) is 1. The van der Waals surface area contributed by atoms with E-state index in [1.54, 1.807) is 0 Å². The first-order chi connectivity index (χ1) is 8.47. The Hall–Kier alpha value is -1.42. The van der Waals surface area contributed by atoms with Crippen molar-refractivity contribution in [1.29, 1.82) is 0 Å². The molecule has 0 aromatic carbocycles. The zero-order valence-electron chi connectivity index (χ0n) is 11.2. The minimum absolute atomic E-state index is 0.0561. The molecule has 18 heavy (non-hydrogen) atoms.